The average Bonchev–Trinajstić information content (AvgIpc) is 3.07. The Hall–Kier alpha value is -2.23. The standard InChI is InChI=1S/C13H8N4S2/c14-4-9-12(15)11(8-2-1-3-16-5-8)13(19-9)10-6-17-7-18-10/h1-3,5-7H,15H2. The van der Waals surface area contributed by atoms with Crippen LogP contribution >= 0.6 is 22.7 Å². The molecule has 6 heteroatoms. The van der Waals surface area contributed by atoms with Crippen molar-refractivity contribution in [2.75, 3.05) is 5.73 Å². The Balaban J connectivity index is 2.29. The number of nitrogens with two attached hydrogens (primary N) is 1. The third-order valence-corrected chi connectivity index (χ3v) is 4.72. The van der Waals surface area contributed by atoms with E-state index in [1.54, 1.807) is 24.1 Å². The van der Waals surface area contributed by atoms with Crippen molar-refractivity contribution in [3.63, 3.8) is 0 Å². The van der Waals surface area contributed by atoms with Crippen molar-refractivity contribution in [3.05, 3.63) is 41.1 Å². The van der Waals surface area contributed by atoms with Crippen LogP contribution in [0.3, 0.4) is 0 Å². The van der Waals surface area contributed by atoms with Crippen LogP contribution in [0.25, 0.3) is 20.9 Å². The number of nitrogen functional groups attached to an aromatic ring is 1. The van der Waals surface area contributed by atoms with Crippen molar-refractivity contribution in [1.29, 1.82) is 5.26 Å². The highest BCUT2D eigenvalue weighted by Crippen LogP contribution is 2.45. The van der Waals surface area contributed by atoms with E-state index >= 15 is 0 Å². The minimum absolute atomic E-state index is 0.518. The molecule has 3 heterocycles. The lowest BCUT2D eigenvalue weighted by atomic mass is 10.1. The molecule has 0 amide bonds. The van der Waals surface area contributed by atoms with Gasteiger partial charge in [-0.3, -0.25) is 9.97 Å². The van der Waals surface area contributed by atoms with E-state index in [0.29, 0.717) is 10.6 Å². The van der Waals surface area contributed by atoms with Crippen LogP contribution in [0.5, 0.6) is 0 Å². The Bertz CT molecular complexity index is 739. The smallest absolute Gasteiger partial charge is 0.129 e. The molecule has 0 radical (unpaired) electrons. The third-order valence-electron chi connectivity index (χ3n) is 2.65. The molecule has 92 valence electrons. The van der Waals surface area contributed by atoms with E-state index in [2.05, 4.69) is 16.0 Å². The van der Waals surface area contributed by atoms with Crippen LogP contribution in [0.15, 0.2) is 36.2 Å². The zero-order valence-corrected chi connectivity index (χ0v) is 11.3. The van der Waals surface area contributed by atoms with Gasteiger partial charge in [0.1, 0.15) is 10.9 Å². The molecule has 3 rings (SSSR count). The van der Waals surface area contributed by atoms with Crippen molar-refractivity contribution in [2.45, 2.75) is 0 Å². The van der Waals surface area contributed by atoms with E-state index in [1.807, 2.05) is 12.1 Å². The number of anilines is 1. The maximum Gasteiger partial charge on any atom is 0.129 e. The Labute approximate surface area is 117 Å². The molecule has 0 spiro atoms. The fraction of sp³-hybridized carbons (Fsp3) is 0. The minimum Gasteiger partial charge on any atom is -0.396 e. The number of hydrogen-bond acceptors (Lipinski definition) is 6. The number of thiazole rings is 1. The fourth-order valence-corrected chi connectivity index (χ4v) is 3.61. The Morgan fingerprint density at radius 2 is 2.16 bits per heavy atom. The maximum atomic E-state index is 9.15. The zero-order chi connectivity index (χ0) is 13.2. The summed E-state index contributed by atoms with van der Waals surface area (Å²) in [4.78, 5) is 10.7. The van der Waals surface area contributed by atoms with Crippen LogP contribution in [-0.2, 0) is 0 Å². The molecule has 3 aromatic rings. The molecule has 0 aliphatic carbocycles. The fourth-order valence-electron chi connectivity index (χ4n) is 1.83. The summed E-state index contributed by atoms with van der Waals surface area (Å²) in [6, 6.07) is 5.94. The van der Waals surface area contributed by atoms with Crippen LogP contribution < -0.4 is 5.73 Å². The van der Waals surface area contributed by atoms with Crippen molar-refractivity contribution < 1.29 is 0 Å². The van der Waals surface area contributed by atoms with E-state index in [-0.39, 0.29) is 0 Å². The van der Waals surface area contributed by atoms with Gasteiger partial charge in [0.15, 0.2) is 0 Å². The van der Waals surface area contributed by atoms with Gasteiger partial charge in [0, 0.05) is 29.7 Å². The third kappa shape index (κ3) is 1.99. The lowest BCUT2D eigenvalue weighted by molar-refractivity contribution is 1.33. The molecule has 0 unspecified atom stereocenters. The quantitative estimate of drug-likeness (QED) is 0.782. The van der Waals surface area contributed by atoms with E-state index in [9.17, 15) is 0 Å². The predicted molar refractivity (Wildman–Crippen MR) is 77.8 cm³/mol. The highest BCUT2D eigenvalue weighted by atomic mass is 32.1. The molecule has 0 aliphatic rings. The first kappa shape index (κ1) is 11.8. The Morgan fingerprint density at radius 1 is 1.26 bits per heavy atom. The molecule has 2 N–H and O–H groups in total. The number of thiophene rings is 1. The molecular weight excluding hydrogens is 276 g/mol. The number of pyridine rings is 1. The number of hydrogen-bond donors (Lipinski definition) is 1. The molecule has 0 atom stereocenters. The molecule has 0 saturated carbocycles. The number of nitrogens with zero attached hydrogens (tertiary/aromatic N) is 3. The van der Waals surface area contributed by atoms with Crippen LogP contribution in [0.4, 0.5) is 5.69 Å². The van der Waals surface area contributed by atoms with Gasteiger partial charge in [-0.25, -0.2) is 0 Å². The normalized spacial score (nSPS) is 10.3. The van der Waals surface area contributed by atoms with Crippen LogP contribution in [0.2, 0.25) is 0 Å². The van der Waals surface area contributed by atoms with Gasteiger partial charge in [-0.15, -0.1) is 22.7 Å². The Kier molecular flexibility index (Phi) is 2.99. The molecular formula is C13H8N4S2. The summed E-state index contributed by atoms with van der Waals surface area (Å²) in [7, 11) is 0. The van der Waals surface area contributed by atoms with Crippen LogP contribution in [0, 0.1) is 11.3 Å². The first-order chi connectivity index (χ1) is 9.31. The highest BCUT2D eigenvalue weighted by Gasteiger charge is 2.19. The maximum absolute atomic E-state index is 9.15. The number of aromatic nitrogens is 2. The summed E-state index contributed by atoms with van der Waals surface area (Å²) in [5.74, 6) is 0. The van der Waals surface area contributed by atoms with Gasteiger partial charge in [0.25, 0.3) is 0 Å². The summed E-state index contributed by atoms with van der Waals surface area (Å²) in [6.45, 7) is 0. The molecule has 0 fully saturated rings. The topological polar surface area (TPSA) is 75.6 Å². The van der Waals surface area contributed by atoms with Crippen molar-refractivity contribution in [1.82, 2.24) is 9.97 Å². The van der Waals surface area contributed by atoms with Gasteiger partial charge in [-0.1, -0.05) is 6.07 Å². The highest BCUT2D eigenvalue weighted by molar-refractivity contribution is 7.22. The predicted octanol–water partition coefficient (Wildman–Crippen LogP) is 3.39. The molecule has 3 aromatic heterocycles. The molecule has 4 nitrogen and oxygen atoms in total. The summed E-state index contributed by atoms with van der Waals surface area (Å²) < 4.78 is 0. The monoisotopic (exact) mass is 284 g/mol. The van der Waals surface area contributed by atoms with Gasteiger partial charge in [-0.2, -0.15) is 5.26 Å². The summed E-state index contributed by atoms with van der Waals surface area (Å²) >= 11 is 2.93. The Morgan fingerprint density at radius 3 is 2.79 bits per heavy atom. The second-order valence-electron chi connectivity index (χ2n) is 3.77. The molecule has 19 heavy (non-hydrogen) atoms. The largest absolute Gasteiger partial charge is 0.396 e. The molecule has 0 aromatic carbocycles. The SMILES string of the molecule is N#Cc1sc(-c2cncs2)c(-c2cccnc2)c1N. The molecule has 0 bridgehead atoms. The van der Waals surface area contributed by atoms with Crippen LogP contribution in [-0.4, -0.2) is 9.97 Å². The first-order valence-corrected chi connectivity index (χ1v) is 7.12. The van der Waals surface area contributed by atoms with Crippen LogP contribution in [0.1, 0.15) is 4.88 Å². The van der Waals surface area contributed by atoms with E-state index in [4.69, 9.17) is 11.0 Å². The second kappa shape index (κ2) is 4.80. The van der Waals surface area contributed by atoms with Crippen molar-refractivity contribution >= 4 is 28.4 Å². The number of nitriles is 1. The lowest BCUT2D eigenvalue weighted by Gasteiger charge is -2.03. The summed E-state index contributed by atoms with van der Waals surface area (Å²) in [5.41, 5.74) is 10.2. The van der Waals surface area contributed by atoms with Gasteiger partial charge < -0.3 is 5.73 Å². The van der Waals surface area contributed by atoms with Crippen molar-refractivity contribution in [2.24, 2.45) is 0 Å². The lowest BCUT2D eigenvalue weighted by Crippen LogP contribution is -1.89. The molecule has 0 saturated heterocycles. The summed E-state index contributed by atoms with van der Waals surface area (Å²) in [5, 5.41) is 9.15. The zero-order valence-electron chi connectivity index (χ0n) is 9.70. The first-order valence-electron chi connectivity index (χ1n) is 5.43. The van der Waals surface area contributed by atoms with Gasteiger partial charge in [-0.05, 0) is 6.07 Å². The van der Waals surface area contributed by atoms with Gasteiger partial charge in [0.05, 0.1) is 21.0 Å². The van der Waals surface area contributed by atoms with E-state index in [0.717, 1.165) is 20.9 Å². The molecule has 0 aliphatic heterocycles. The van der Waals surface area contributed by atoms with E-state index < -0.39 is 0 Å². The van der Waals surface area contributed by atoms with E-state index in [1.165, 1.54) is 22.7 Å². The second-order valence-corrected chi connectivity index (χ2v) is 5.68. The van der Waals surface area contributed by atoms with Crippen molar-refractivity contribution in [3.8, 4) is 27.0 Å². The average molecular weight is 284 g/mol. The minimum atomic E-state index is 0.518. The summed E-state index contributed by atoms with van der Waals surface area (Å²) in [6.07, 6.45) is 5.25. The van der Waals surface area contributed by atoms with Gasteiger partial charge in [0.2, 0.25) is 0 Å². The van der Waals surface area contributed by atoms with Gasteiger partial charge >= 0.3 is 0 Å². The number of rotatable bonds is 2.